The van der Waals surface area contributed by atoms with Crippen LogP contribution in [0.4, 0.5) is 18.9 Å². The normalized spacial score (nSPS) is 28.2. The van der Waals surface area contributed by atoms with E-state index in [1.807, 2.05) is 4.90 Å². The van der Waals surface area contributed by atoms with Gasteiger partial charge >= 0.3 is 6.18 Å². The summed E-state index contributed by atoms with van der Waals surface area (Å²) in [4.78, 5) is 10.5. The number of thiocarbonyl (C=S) groups is 1. The first-order chi connectivity index (χ1) is 16.4. The van der Waals surface area contributed by atoms with Crippen molar-refractivity contribution >= 4 is 28.7 Å². The number of amidine groups is 1. The maximum absolute atomic E-state index is 13.6. The predicted molar refractivity (Wildman–Crippen MR) is 133 cm³/mol. The van der Waals surface area contributed by atoms with E-state index in [-0.39, 0.29) is 17.5 Å². The first-order valence-corrected chi connectivity index (χ1v) is 13.2. The third-order valence-electron chi connectivity index (χ3n) is 8.10. The third kappa shape index (κ3) is 4.53. The molecule has 34 heavy (non-hydrogen) atoms. The molecule has 0 aromatic heterocycles. The molecule has 1 aromatic rings. The molecule has 1 atom stereocenters. The van der Waals surface area contributed by atoms with Crippen LogP contribution in [0, 0.1) is 5.41 Å². The van der Waals surface area contributed by atoms with Crippen molar-refractivity contribution in [2.45, 2.75) is 82.5 Å². The standard InChI is InChI=1S/C26H34F3N3OS/c27-26(28,29)19-8-7-11-21(18-19)32-23(30-20-9-3-1-4-10-20)22(31-14-16-33-17-15-31)25(24(32)34)12-5-2-6-13-25/h7-8,11,18,20,22H,1-6,9-10,12-17H2/t22-/m0/s1. The molecule has 2 aliphatic heterocycles. The Hall–Kier alpha value is -1.51. The Labute approximate surface area is 205 Å². The van der Waals surface area contributed by atoms with Gasteiger partial charge in [-0.15, -0.1) is 0 Å². The zero-order valence-corrected chi connectivity index (χ0v) is 20.5. The van der Waals surface area contributed by atoms with Gasteiger partial charge in [0.2, 0.25) is 0 Å². The van der Waals surface area contributed by atoms with E-state index in [4.69, 9.17) is 21.9 Å². The first kappa shape index (κ1) is 24.2. The van der Waals surface area contributed by atoms with E-state index in [0.717, 1.165) is 81.3 Å². The van der Waals surface area contributed by atoms with Gasteiger partial charge in [0, 0.05) is 24.2 Å². The van der Waals surface area contributed by atoms with E-state index < -0.39 is 11.7 Å². The van der Waals surface area contributed by atoms with Crippen LogP contribution in [0.1, 0.15) is 69.8 Å². The molecule has 2 saturated carbocycles. The van der Waals surface area contributed by atoms with Crippen LogP contribution in [0.25, 0.3) is 0 Å². The molecule has 2 heterocycles. The smallest absolute Gasteiger partial charge is 0.379 e. The minimum Gasteiger partial charge on any atom is -0.379 e. The molecule has 1 spiro atoms. The zero-order chi connectivity index (χ0) is 23.8. The summed E-state index contributed by atoms with van der Waals surface area (Å²) in [6.07, 6.45) is 6.51. The third-order valence-corrected chi connectivity index (χ3v) is 8.69. The SMILES string of the molecule is FC(F)(F)c1cccc(N2C(=S)C3(CCCCC3)[C@@H](N3CCOCC3)C2=NC2CCCCC2)c1. The van der Waals surface area contributed by atoms with Crippen molar-refractivity contribution < 1.29 is 17.9 Å². The summed E-state index contributed by atoms with van der Waals surface area (Å²) in [7, 11) is 0. The van der Waals surface area contributed by atoms with Crippen LogP contribution in [-0.4, -0.2) is 54.1 Å². The van der Waals surface area contributed by atoms with Crippen molar-refractivity contribution in [2.24, 2.45) is 10.4 Å². The quantitative estimate of drug-likeness (QED) is 0.466. The molecule has 0 unspecified atom stereocenters. The molecule has 0 bridgehead atoms. The number of morpholine rings is 1. The molecule has 0 amide bonds. The van der Waals surface area contributed by atoms with Crippen LogP contribution in [0.5, 0.6) is 0 Å². The van der Waals surface area contributed by atoms with Gasteiger partial charge in [0.05, 0.1) is 35.8 Å². The lowest BCUT2D eigenvalue weighted by atomic mass is 9.70. The summed E-state index contributed by atoms with van der Waals surface area (Å²) in [6, 6.07) is 5.85. The van der Waals surface area contributed by atoms with E-state index >= 15 is 0 Å². The Balaban J connectivity index is 1.63. The monoisotopic (exact) mass is 493 g/mol. The fraction of sp³-hybridized carbons (Fsp3) is 0.692. The van der Waals surface area contributed by atoms with Crippen molar-refractivity contribution in [3.05, 3.63) is 29.8 Å². The van der Waals surface area contributed by atoms with Crippen molar-refractivity contribution in [3.63, 3.8) is 0 Å². The molecule has 186 valence electrons. The van der Waals surface area contributed by atoms with Gasteiger partial charge in [0.25, 0.3) is 0 Å². The molecule has 8 heteroatoms. The molecular formula is C26H34F3N3OS. The Morgan fingerprint density at radius 3 is 2.32 bits per heavy atom. The molecule has 0 N–H and O–H groups in total. The second kappa shape index (κ2) is 9.86. The van der Waals surface area contributed by atoms with Crippen LogP contribution in [0.2, 0.25) is 0 Å². The number of anilines is 1. The Bertz CT molecular complexity index is 916. The summed E-state index contributed by atoms with van der Waals surface area (Å²) in [5.41, 5.74) is -0.403. The Morgan fingerprint density at radius 2 is 1.65 bits per heavy atom. The molecule has 5 rings (SSSR count). The Morgan fingerprint density at radius 1 is 0.971 bits per heavy atom. The number of benzene rings is 1. The summed E-state index contributed by atoms with van der Waals surface area (Å²) in [5, 5.41) is 0. The molecule has 0 radical (unpaired) electrons. The number of aliphatic imine (C=N–C) groups is 1. The fourth-order valence-corrected chi connectivity index (χ4v) is 6.94. The molecular weight excluding hydrogens is 459 g/mol. The lowest BCUT2D eigenvalue weighted by Gasteiger charge is -2.44. The van der Waals surface area contributed by atoms with Crippen LogP contribution in [-0.2, 0) is 10.9 Å². The van der Waals surface area contributed by atoms with E-state index in [9.17, 15) is 13.2 Å². The second-order valence-corrected chi connectivity index (χ2v) is 10.6. The van der Waals surface area contributed by atoms with Crippen molar-refractivity contribution in [2.75, 3.05) is 31.2 Å². The number of hydrogen-bond donors (Lipinski definition) is 0. The number of nitrogens with zero attached hydrogens (tertiary/aromatic N) is 3. The van der Waals surface area contributed by atoms with E-state index in [2.05, 4.69) is 4.90 Å². The van der Waals surface area contributed by atoms with Gasteiger partial charge in [0.15, 0.2) is 0 Å². The van der Waals surface area contributed by atoms with E-state index in [1.54, 1.807) is 6.07 Å². The lowest BCUT2D eigenvalue weighted by molar-refractivity contribution is -0.137. The number of alkyl halides is 3. The van der Waals surface area contributed by atoms with Gasteiger partial charge in [-0.3, -0.25) is 14.8 Å². The summed E-state index contributed by atoms with van der Waals surface area (Å²) in [6.45, 7) is 2.93. The van der Waals surface area contributed by atoms with Crippen LogP contribution in [0.3, 0.4) is 0 Å². The van der Waals surface area contributed by atoms with Crippen LogP contribution in [0.15, 0.2) is 29.3 Å². The van der Waals surface area contributed by atoms with Gasteiger partial charge in [-0.2, -0.15) is 13.2 Å². The number of rotatable bonds is 3. The Kier molecular flexibility index (Phi) is 7.02. The van der Waals surface area contributed by atoms with Crippen molar-refractivity contribution in [1.82, 2.24) is 4.90 Å². The largest absolute Gasteiger partial charge is 0.416 e. The topological polar surface area (TPSA) is 28.1 Å². The highest BCUT2D eigenvalue weighted by Gasteiger charge is 2.57. The number of ether oxygens (including phenoxy) is 1. The van der Waals surface area contributed by atoms with Gasteiger partial charge in [-0.05, 0) is 43.9 Å². The van der Waals surface area contributed by atoms with Crippen molar-refractivity contribution in [3.8, 4) is 0 Å². The maximum atomic E-state index is 13.6. The average Bonchev–Trinajstić information content (AvgIpc) is 3.07. The highest BCUT2D eigenvalue weighted by Crippen LogP contribution is 2.50. The predicted octanol–water partition coefficient (Wildman–Crippen LogP) is 6.24. The maximum Gasteiger partial charge on any atom is 0.416 e. The molecule has 4 nitrogen and oxygen atoms in total. The molecule has 1 aromatic carbocycles. The minimum absolute atomic E-state index is 0.000620. The molecule has 4 fully saturated rings. The van der Waals surface area contributed by atoms with Gasteiger partial charge in [0.1, 0.15) is 5.84 Å². The summed E-state index contributed by atoms with van der Waals surface area (Å²) >= 11 is 6.19. The lowest BCUT2D eigenvalue weighted by Crippen LogP contribution is -2.54. The van der Waals surface area contributed by atoms with E-state index in [1.165, 1.54) is 25.0 Å². The average molecular weight is 494 g/mol. The minimum atomic E-state index is -4.40. The van der Waals surface area contributed by atoms with Crippen molar-refractivity contribution in [1.29, 1.82) is 0 Å². The highest BCUT2D eigenvalue weighted by molar-refractivity contribution is 7.80. The fourth-order valence-electron chi connectivity index (χ4n) is 6.43. The van der Waals surface area contributed by atoms with E-state index in [0.29, 0.717) is 18.9 Å². The number of halogens is 3. The summed E-state index contributed by atoms with van der Waals surface area (Å²) in [5.74, 6) is 0.875. The number of hydrogen-bond acceptors (Lipinski definition) is 4. The van der Waals surface area contributed by atoms with Crippen LogP contribution >= 0.6 is 12.2 Å². The second-order valence-electron chi connectivity index (χ2n) is 10.2. The molecule has 4 aliphatic rings. The first-order valence-electron chi connectivity index (χ1n) is 12.8. The molecule has 2 saturated heterocycles. The van der Waals surface area contributed by atoms with Crippen LogP contribution < -0.4 is 4.90 Å². The van der Waals surface area contributed by atoms with Gasteiger partial charge in [-0.1, -0.05) is 56.8 Å². The van der Waals surface area contributed by atoms with Gasteiger partial charge in [-0.25, -0.2) is 0 Å². The van der Waals surface area contributed by atoms with Gasteiger partial charge < -0.3 is 4.74 Å². The summed E-state index contributed by atoms with van der Waals surface area (Å²) < 4.78 is 46.6. The molecule has 2 aliphatic carbocycles. The zero-order valence-electron chi connectivity index (χ0n) is 19.7. The highest BCUT2D eigenvalue weighted by atomic mass is 32.1.